The van der Waals surface area contributed by atoms with E-state index in [1.807, 2.05) is 12.4 Å². The summed E-state index contributed by atoms with van der Waals surface area (Å²) in [5.74, 6) is -0.391. The van der Waals surface area contributed by atoms with Crippen LogP contribution in [0.15, 0.2) is 53.5 Å². The number of anilines is 1. The Balaban J connectivity index is 1.75. The summed E-state index contributed by atoms with van der Waals surface area (Å²) in [6.45, 7) is 5.08. The number of carboxylic acid groups (broad SMARTS) is 1. The molecule has 0 aliphatic carbocycles. The molecule has 4 nitrogen and oxygen atoms in total. The first-order chi connectivity index (χ1) is 11.0. The number of nitrogens with zero attached hydrogens (tertiary/aromatic N) is 2. The second-order valence-corrected chi connectivity index (χ2v) is 6.11. The third-order valence-electron chi connectivity index (χ3n) is 4.17. The topological polar surface area (TPSA) is 52.9 Å². The molecule has 1 heterocycles. The molecule has 1 aliphatic heterocycles. The summed E-state index contributed by atoms with van der Waals surface area (Å²) >= 11 is 0. The number of rotatable bonds is 4. The average Bonchev–Trinajstić information content (AvgIpc) is 3.05. The van der Waals surface area contributed by atoms with Crippen molar-refractivity contribution in [3.63, 3.8) is 0 Å². The highest BCUT2D eigenvalue weighted by Gasteiger charge is 2.21. The van der Waals surface area contributed by atoms with Crippen molar-refractivity contribution in [1.82, 2.24) is 0 Å². The molecule has 23 heavy (non-hydrogen) atoms. The molecule has 0 amide bonds. The van der Waals surface area contributed by atoms with Gasteiger partial charge in [0.1, 0.15) is 0 Å². The van der Waals surface area contributed by atoms with Gasteiger partial charge < -0.3 is 10.0 Å². The normalized spacial score (nSPS) is 17.0. The largest absolute Gasteiger partial charge is 0.478 e. The highest BCUT2D eigenvalue weighted by molar-refractivity contribution is 5.88. The number of aliphatic imine (C=N–C) groups is 1. The maximum Gasteiger partial charge on any atom is 0.335 e. The Kier molecular flexibility index (Phi) is 4.15. The van der Waals surface area contributed by atoms with Gasteiger partial charge in [0, 0.05) is 5.69 Å². The second-order valence-electron chi connectivity index (χ2n) is 6.11. The Morgan fingerprint density at radius 2 is 1.96 bits per heavy atom. The van der Waals surface area contributed by atoms with Gasteiger partial charge in [-0.15, -0.1) is 0 Å². The maximum atomic E-state index is 11.1. The van der Waals surface area contributed by atoms with Crippen LogP contribution in [0.25, 0.3) is 0 Å². The fourth-order valence-corrected chi connectivity index (χ4v) is 2.73. The molecule has 0 fully saturated rings. The van der Waals surface area contributed by atoms with Crippen molar-refractivity contribution in [3.8, 4) is 0 Å². The Morgan fingerprint density at radius 1 is 1.22 bits per heavy atom. The third kappa shape index (κ3) is 3.26. The molecule has 0 radical (unpaired) electrons. The zero-order chi connectivity index (χ0) is 16.4. The number of aromatic carboxylic acids is 1. The molecule has 1 N–H and O–H groups in total. The summed E-state index contributed by atoms with van der Waals surface area (Å²) in [4.78, 5) is 17.7. The average molecular weight is 308 g/mol. The first-order valence-electron chi connectivity index (χ1n) is 7.78. The minimum Gasteiger partial charge on any atom is -0.478 e. The van der Waals surface area contributed by atoms with Crippen molar-refractivity contribution in [3.05, 3.63) is 65.2 Å². The van der Waals surface area contributed by atoms with Gasteiger partial charge in [-0.25, -0.2) is 4.79 Å². The molecule has 0 saturated carbocycles. The standard InChI is InChI=1S/C19H20N2O2/c1-13(2)14-6-8-17(9-7-14)21-11-18(20-12-21)15-4-3-5-16(10-15)19(22)23/h3-10,12-13,18H,11H2,1-2H3,(H,22,23). The summed E-state index contributed by atoms with van der Waals surface area (Å²) in [7, 11) is 0. The van der Waals surface area contributed by atoms with Crippen LogP contribution in [0.4, 0.5) is 5.69 Å². The van der Waals surface area contributed by atoms with Crippen LogP contribution in [-0.2, 0) is 0 Å². The van der Waals surface area contributed by atoms with E-state index in [-0.39, 0.29) is 6.04 Å². The molecule has 0 aromatic heterocycles. The van der Waals surface area contributed by atoms with E-state index in [4.69, 9.17) is 5.11 Å². The molecule has 3 rings (SSSR count). The Hall–Kier alpha value is -2.62. The van der Waals surface area contributed by atoms with Gasteiger partial charge in [-0.3, -0.25) is 4.99 Å². The van der Waals surface area contributed by atoms with Crippen LogP contribution in [0, 0.1) is 0 Å². The van der Waals surface area contributed by atoms with Crippen molar-refractivity contribution >= 4 is 18.0 Å². The van der Waals surface area contributed by atoms with Crippen LogP contribution in [0.2, 0.25) is 0 Å². The number of carboxylic acids is 1. The van der Waals surface area contributed by atoms with Gasteiger partial charge in [-0.05, 0) is 41.3 Å². The summed E-state index contributed by atoms with van der Waals surface area (Å²) in [5, 5.41) is 9.10. The minimum atomic E-state index is -0.907. The molecule has 118 valence electrons. The lowest BCUT2D eigenvalue weighted by Crippen LogP contribution is -2.19. The smallest absolute Gasteiger partial charge is 0.335 e. The molecule has 1 aliphatic rings. The first-order valence-corrected chi connectivity index (χ1v) is 7.78. The molecule has 4 heteroatoms. The van der Waals surface area contributed by atoms with E-state index in [0.29, 0.717) is 11.5 Å². The molecule has 0 saturated heterocycles. The summed E-state index contributed by atoms with van der Waals surface area (Å²) in [6.07, 6.45) is 1.84. The molecule has 2 aromatic rings. The van der Waals surface area contributed by atoms with E-state index in [1.165, 1.54) is 5.56 Å². The summed E-state index contributed by atoms with van der Waals surface area (Å²) in [6, 6.07) is 15.5. The monoisotopic (exact) mass is 308 g/mol. The minimum absolute atomic E-state index is 0.0286. The Bertz CT molecular complexity index is 735. The highest BCUT2D eigenvalue weighted by Crippen LogP contribution is 2.27. The van der Waals surface area contributed by atoms with E-state index in [9.17, 15) is 4.79 Å². The zero-order valence-corrected chi connectivity index (χ0v) is 13.3. The lowest BCUT2D eigenvalue weighted by molar-refractivity contribution is 0.0696. The van der Waals surface area contributed by atoms with E-state index >= 15 is 0 Å². The second kappa shape index (κ2) is 6.24. The molecule has 0 spiro atoms. The molecular weight excluding hydrogens is 288 g/mol. The van der Waals surface area contributed by atoms with Crippen LogP contribution in [0.3, 0.4) is 0 Å². The number of benzene rings is 2. The van der Waals surface area contributed by atoms with E-state index < -0.39 is 5.97 Å². The van der Waals surface area contributed by atoms with Crippen LogP contribution < -0.4 is 4.90 Å². The van der Waals surface area contributed by atoms with Gasteiger partial charge >= 0.3 is 5.97 Å². The SMILES string of the molecule is CC(C)c1ccc(N2C=NC(c3cccc(C(=O)O)c3)C2)cc1. The van der Waals surface area contributed by atoms with Crippen molar-refractivity contribution in [1.29, 1.82) is 0 Å². The van der Waals surface area contributed by atoms with Gasteiger partial charge in [-0.2, -0.15) is 0 Å². The predicted molar refractivity (Wildman–Crippen MR) is 92.5 cm³/mol. The fourth-order valence-electron chi connectivity index (χ4n) is 2.73. The Morgan fingerprint density at radius 3 is 2.61 bits per heavy atom. The molecular formula is C19H20N2O2. The summed E-state index contributed by atoms with van der Waals surface area (Å²) in [5.41, 5.74) is 3.66. The Labute approximate surface area is 136 Å². The predicted octanol–water partition coefficient (Wildman–Crippen LogP) is 4.10. The number of hydrogen-bond acceptors (Lipinski definition) is 3. The molecule has 1 atom stereocenters. The van der Waals surface area contributed by atoms with Gasteiger partial charge in [0.25, 0.3) is 0 Å². The van der Waals surface area contributed by atoms with Gasteiger partial charge in [0.2, 0.25) is 0 Å². The van der Waals surface area contributed by atoms with Crippen molar-refractivity contribution in [2.75, 3.05) is 11.4 Å². The van der Waals surface area contributed by atoms with E-state index in [2.05, 4.69) is 48.0 Å². The highest BCUT2D eigenvalue weighted by atomic mass is 16.4. The van der Waals surface area contributed by atoms with Crippen molar-refractivity contribution < 1.29 is 9.90 Å². The van der Waals surface area contributed by atoms with Gasteiger partial charge in [0.05, 0.1) is 24.5 Å². The van der Waals surface area contributed by atoms with Gasteiger partial charge in [-0.1, -0.05) is 38.1 Å². The maximum absolute atomic E-state index is 11.1. The molecule has 2 aromatic carbocycles. The van der Waals surface area contributed by atoms with Crippen LogP contribution in [0.5, 0.6) is 0 Å². The van der Waals surface area contributed by atoms with Crippen molar-refractivity contribution in [2.45, 2.75) is 25.8 Å². The lowest BCUT2D eigenvalue weighted by atomic mass is 10.0. The van der Waals surface area contributed by atoms with Crippen LogP contribution >= 0.6 is 0 Å². The van der Waals surface area contributed by atoms with Gasteiger partial charge in [0.15, 0.2) is 0 Å². The van der Waals surface area contributed by atoms with E-state index in [0.717, 1.165) is 17.8 Å². The third-order valence-corrected chi connectivity index (χ3v) is 4.17. The zero-order valence-electron chi connectivity index (χ0n) is 13.3. The molecule has 0 bridgehead atoms. The lowest BCUT2D eigenvalue weighted by Gasteiger charge is -2.17. The van der Waals surface area contributed by atoms with Crippen LogP contribution in [0.1, 0.15) is 47.3 Å². The number of carbonyl (C=O) groups is 1. The quantitative estimate of drug-likeness (QED) is 0.925. The summed E-state index contributed by atoms with van der Waals surface area (Å²) < 4.78 is 0. The van der Waals surface area contributed by atoms with E-state index in [1.54, 1.807) is 18.2 Å². The fraction of sp³-hybridized carbons (Fsp3) is 0.263. The van der Waals surface area contributed by atoms with Crippen LogP contribution in [-0.4, -0.2) is 24.0 Å². The number of hydrogen-bond donors (Lipinski definition) is 1. The van der Waals surface area contributed by atoms with Crippen molar-refractivity contribution in [2.24, 2.45) is 4.99 Å². The first kappa shape index (κ1) is 15.3. The molecule has 1 unspecified atom stereocenters.